The van der Waals surface area contributed by atoms with Gasteiger partial charge in [0.1, 0.15) is 4.88 Å². The van der Waals surface area contributed by atoms with Gasteiger partial charge >= 0.3 is 18.0 Å². The number of carbonyl (C=O) groups excluding carboxylic acids is 3. The molecule has 4 N–H and O–H groups in total. The van der Waals surface area contributed by atoms with Crippen LogP contribution in [0.15, 0.2) is 35.0 Å². The summed E-state index contributed by atoms with van der Waals surface area (Å²) in [5, 5.41) is 21.9. The predicted octanol–water partition coefficient (Wildman–Crippen LogP) is 6.14. The minimum atomic E-state index is -0.847. The van der Waals surface area contributed by atoms with E-state index in [1.807, 2.05) is 22.4 Å². The second kappa shape index (κ2) is 20.1. The average Bonchev–Trinajstić information content (AvgIpc) is 4.12. The van der Waals surface area contributed by atoms with E-state index >= 15 is 0 Å². The zero-order valence-corrected chi connectivity index (χ0v) is 36.3. The second-order valence-electron chi connectivity index (χ2n) is 17.9. The van der Waals surface area contributed by atoms with Gasteiger partial charge in [-0.15, -0.1) is 22.7 Å². The zero-order chi connectivity index (χ0) is 40.7. The van der Waals surface area contributed by atoms with Crippen LogP contribution in [0, 0.1) is 0 Å². The summed E-state index contributed by atoms with van der Waals surface area (Å²) in [4.78, 5) is 60.7. The summed E-state index contributed by atoms with van der Waals surface area (Å²) in [7, 11) is 0. The fourth-order valence-electron chi connectivity index (χ4n) is 11.5. The highest BCUT2D eigenvalue weighted by atomic mass is 32.1. The first-order valence-corrected chi connectivity index (χ1v) is 24.6. The molecular formula is C44H66N8O5S2. The summed E-state index contributed by atoms with van der Waals surface area (Å²) in [5.74, 6) is -0.653. The van der Waals surface area contributed by atoms with Crippen molar-refractivity contribution in [3.05, 3.63) is 44.8 Å². The smallest absolute Gasteiger partial charge is 0.345 e. The van der Waals surface area contributed by atoms with Gasteiger partial charge in [-0.3, -0.25) is 4.79 Å². The molecule has 8 heterocycles. The van der Waals surface area contributed by atoms with Crippen LogP contribution in [0.25, 0.3) is 0 Å². The maximum Gasteiger partial charge on any atom is 0.345 e. The number of urea groups is 2. The monoisotopic (exact) mass is 850 g/mol. The molecule has 13 nitrogen and oxygen atoms in total. The van der Waals surface area contributed by atoms with Crippen LogP contribution in [0.1, 0.15) is 122 Å². The molecule has 8 aliphatic rings. The van der Waals surface area contributed by atoms with Gasteiger partial charge in [-0.05, 0) is 113 Å². The van der Waals surface area contributed by atoms with Crippen LogP contribution in [-0.4, -0.2) is 154 Å². The molecule has 2 aliphatic carbocycles. The van der Waals surface area contributed by atoms with E-state index in [9.17, 15) is 19.2 Å². The van der Waals surface area contributed by atoms with Crippen molar-refractivity contribution in [1.29, 1.82) is 0 Å². The first-order valence-electron chi connectivity index (χ1n) is 22.8. The number of carboxylic acid groups (broad SMARTS) is 1. The van der Waals surface area contributed by atoms with Gasteiger partial charge in [-0.1, -0.05) is 37.8 Å². The van der Waals surface area contributed by atoms with Crippen molar-refractivity contribution in [3.8, 4) is 0 Å². The fraction of sp³-hybridized carbons (Fsp3) is 0.727. The van der Waals surface area contributed by atoms with Crippen LogP contribution < -0.4 is 16.0 Å². The highest BCUT2D eigenvalue weighted by Crippen LogP contribution is 2.35. The van der Waals surface area contributed by atoms with Crippen molar-refractivity contribution in [2.75, 3.05) is 52.4 Å². The maximum atomic E-state index is 12.6. The number of carboxylic acids is 1. The molecule has 2 saturated carbocycles. The average molecular weight is 851 g/mol. The van der Waals surface area contributed by atoms with Gasteiger partial charge in [0.25, 0.3) is 5.91 Å². The van der Waals surface area contributed by atoms with Crippen LogP contribution in [0.5, 0.6) is 0 Å². The van der Waals surface area contributed by atoms with Gasteiger partial charge in [0, 0.05) is 63.4 Å². The number of likely N-dealkylation sites (tertiary alicyclic amines) is 3. The Kier molecular flexibility index (Phi) is 14.5. The largest absolute Gasteiger partial charge is 0.477 e. The molecule has 59 heavy (non-hydrogen) atoms. The standard InChI is InChI=1S/C22H32N4O2S.C17H30N4O.C5H4O2S/c27-21(20-6-3-15-29-20)25-13-7-16(8-14-25)24-11-9-17(10-12-24)26-19-5-2-1-4-18(19)23-22(26)28;22-17-19-15-3-1-2-4-16(15)21(17)14-7-11-20(12-8-14)13-5-9-18-10-6-13;6-5(7)4-2-1-3-8-4/h3,6,15-19H,1-2,4-5,7-14H2,(H,23,28);13-16,18H,1-12H2,(H,19,22);1-3H,(H,6,7)/t18-,19+;15-,16+;/m11./s1. The molecule has 8 fully saturated rings. The molecule has 15 heteroatoms. The molecule has 6 saturated heterocycles. The predicted molar refractivity (Wildman–Crippen MR) is 232 cm³/mol. The van der Waals surface area contributed by atoms with Gasteiger partial charge in [-0.25, -0.2) is 14.4 Å². The summed E-state index contributed by atoms with van der Waals surface area (Å²) >= 11 is 2.77. The molecule has 0 radical (unpaired) electrons. The molecule has 0 unspecified atom stereocenters. The van der Waals surface area contributed by atoms with Gasteiger partial charge in [-0.2, -0.15) is 0 Å². The first-order chi connectivity index (χ1) is 28.8. The van der Waals surface area contributed by atoms with Gasteiger partial charge in [0.15, 0.2) is 0 Å². The summed E-state index contributed by atoms with van der Waals surface area (Å²) < 4.78 is 0. The molecule has 0 bridgehead atoms. The number of hydrogen-bond acceptors (Lipinski definition) is 9. The Labute approximate surface area is 358 Å². The van der Waals surface area contributed by atoms with Gasteiger partial charge < -0.3 is 45.6 Å². The number of carbonyl (C=O) groups is 4. The number of rotatable bonds is 6. The number of hydrogen-bond donors (Lipinski definition) is 4. The molecule has 324 valence electrons. The number of nitrogens with zero attached hydrogens (tertiary/aromatic N) is 5. The van der Waals surface area contributed by atoms with Crippen molar-refractivity contribution >= 4 is 46.6 Å². The lowest BCUT2D eigenvalue weighted by Gasteiger charge is -2.44. The van der Waals surface area contributed by atoms with Crippen molar-refractivity contribution in [2.45, 2.75) is 151 Å². The molecule has 0 spiro atoms. The third-order valence-electron chi connectivity index (χ3n) is 14.6. The molecule has 0 aromatic carbocycles. The summed E-state index contributed by atoms with van der Waals surface area (Å²) in [6, 6.07) is 11.5. The Morgan fingerprint density at radius 3 is 1.44 bits per heavy atom. The van der Waals surface area contributed by atoms with Crippen LogP contribution in [0.2, 0.25) is 0 Å². The molecule has 4 atom stereocenters. The Balaban J connectivity index is 0.000000142. The van der Waals surface area contributed by atoms with E-state index in [2.05, 4.69) is 35.6 Å². The molecule has 10 rings (SSSR count). The molecule has 5 amide bonds. The Hall–Kier alpha value is -3.24. The van der Waals surface area contributed by atoms with Crippen LogP contribution in [0.4, 0.5) is 9.59 Å². The molecule has 2 aromatic rings. The minimum Gasteiger partial charge on any atom is -0.477 e. The lowest BCUT2D eigenvalue weighted by atomic mass is 9.89. The second-order valence-corrected chi connectivity index (χ2v) is 19.8. The number of aromatic carboxylic acids is 1. The summed E-state index contributed by atoms with van der Waals surface area (Å²) in [6.45, 7) is 8.57. The van der Waals surface area contributed by atoms with E-state index < -0.39 is 5.97 Å². The van der Waals surface area contributed by atoms with Crippen LogP contribution >= 0.6 is 22.7 Å². The van der Waals surface area contributed by atoms with E-state index in [-0.39, 0.29) is 18.0 Å². The highest BCUT2D eigenvalue weighted by molar-refractivity contribution is 7.12. The lowest BCUT2D eigenvalue weighted by Crippen LogP contribution is -2.53. The van der Waals surface area contributed by atoms with Crippen LogP contribution in [0.3, 0.4) is 0 Å². The van der Waals surface area contributed by atoms with E-state index in [0.717, 1.165) is 69.2 Å². The van der Waals surface area contributed by atoms with Crippen molar-refractivity contribution < 1.29 is 24.3 Å². The molecule has 6 aliphatic heterocycles. The van der Waals surface area contributed by atoms with Gasteiger partial charge in [0.05, 0.1) is 29.0 Å². The Morgan fingerprint density at radius 2 is 1.00 bits per heavy atom. The van der Waals surface area contributed by atoms with Crippen molar-refractivity contribution in [2.24, 2.45) is 0 Å². The quantitative estimate of drug-likeness (QED) is 0.272. The number of thiophene rings is 2. The van der Waals surface area contributed by atoms with E-state index in [0.29, 0.717) is 47.2 Å². The summed E-state index contributed by atoms with van der Waals surface area (Å²) in [6.07, 6.45) is 19.0. The van der Waals surface area contributed by atoms with Crippen molar-refractivity contribution in [3.63, 3.8) is 0 Å². The fourth-order valence-corrected chi connectivity index (χ4v) is 12.7. The maximum absolute atomic E-state index is 12.6. The number of fused-ring (bicyclic) bond motifs is 2. The number of nitrogens with one attached hydrogen (secondary N) is 3. The number of amides is 5. The van der Waals surface area contributed by atoms with E-state index in [4.69, 9.17) is 5.11 Å². The van der Waals surface area contributed by atoms with E-state index in [1.54, 1.807) is 17.5 Å². The highest BCUT2D eigenvalue weighted by Gasteiger charge is 2.46. The third-order valence-corrected chi connectivity index (χ3v) is 16.3. The first kappa shape index (κ1) is 42.5. The Bertz CT molecular complexity index is 1670. The lowest BCUT2D eigenvalue weighted by molar-refractivity contribution is 0.0474. The third kappa shape index (κ3) is 10.1. The number of piperidine rings is 4. The normalized spacial score (nSPS) is 29.1. The summed E-state index contributed by atoms with van der Waals surface area (Å²) in [5.41, 5.74) is 0. The molecular weight excluding hydrogens is 785 g/mol. The molecule has 2 aromatic heterocycles. The minimum absolute atomic E-state index is 0.181. The Morgan fingerprint density at radius 1 is 0.559 bits per heavy atom. The SMILES string of the molecule is O=C(O)c1cccs1.O=C(c1cccs1)N1CCC(N2CCC(N3C(=O)N[C@@H]4CCCC[C@@H]43)CC2)CC1.O=C1N[C@@H]2CCCC[C@@H]2N1C1CCN(C2CCNCC2)CC1. The van der Waals surface area contributed by atoms with Crippen LogP contribution in [-0.2, 0) is 0 Å². The zero-order valence-electron chi connectivity index (χ0n) is 34.7. The van der Waals surface area contributed by atoms with Crippen molar-refractivity contribution in [1.82, 2.24) is 40.4 Å². The topological polar surface area (TPSA) is 141 Å². The van der Waals surface area contributed by atoms with E-state index in [1.165, 1.54) is 119 Å². The van der Waals surface area contributed by atoms with Gasteiger partial charge in [0.2, 0.25) is 0 Å².